The third kappa shape index (κ3) is 3.64. The van der Waals surface area contributed by atoms with Crippen molar-refractivity contribution < 1.29 is 4.74 Å². The molecule has 1 aromatic heterocycles. The van der Waals surface area contributed by atoms with Crippen LogP contribution in [0.25, 0.3) is 0 Å². The minimum Gasteiger partial charge on any atom is -0.439 e. The van der Waals surface area contributed by atoms with Crippen molar-refractivity contribution in [3.63, 3.8) is 0 Å². The van der Waals surface area contributed by atoms with E-state index in [-0.39, 0.29) is 0 Å². The molecule has 1 aromatic carbocycles. The van der Waals surface area contributed by atoms with Gasteiger partial charge in [-0.1, -0.05) is 18.5 Å². The van der Waals surface area contributed by atoms with Crippen molar-refractivity contribution in [1.82, 2.24) is 9.97 Å². The first kappa shape index (κ1) is 15.1. The van der Waals surface area contributed by atoms with Crippen LogP contribution in [0.15, 0.2) is 29.2 Å². The van der Waals surface area contributed by atoms with Crippen molar-refractivity contribution in [2.75, 3.05) is 6.26 Å². The summed E-state index contributed by atoms with van der Waals surface area (Å²) in [5, 5.41) is 0.458. The molecule has 0 aliphatic rings. The highest BCUT2D eigenvalue weighted by molar-refractivity contribution is 7.98. The van der Waals surface area contributed by atoms with E-state index < -0.39 is 0 Å². The van der Waals surface area contributed by atoms with Crippen molar-refractivity contribution in [3.05, 3.63) is 40.8 Å². The first-order valence-electron chi connectivity index (χ1n) is 6.49. The Morgan fingerprint density at radius 3 is 2.50 bits per heavy atom. The average molecular weight is 309 g/mol. The van der Waals surface area contributed by atoms with Crippen molar-refractivity contribution in [2.45, 2.75) is 31.6 Å². The van der Waals surface area contributed by atoms with Gasteiger partial charge in [-0.2, -0.15) is 4.98 Å². The van der Waals surface area contributed by atoms with Gasteiger partial charge in [0.25, 0.3) is 0 Å². The zero-order valence-corrected chi connectivity index (χ0v) is 13.4. The highest BCUT2D eigenvalue weighted by Gasteiger charge is 2.11. The number of thioether (sulfide) groups is 1. The van der Waals surface area contributed by atoms with Crippen LogP contribution in [0.1, 0.15) is 24.7 Å². The summed E-state index contributed by atoms with van der Waals surface area (Å²) >= 11 is 7.83. The molecule has 2 rings (SSSR count). The summed E-state index contributed by atoms with van der Waals surface area (Å²) in [6.45, 7) is 3.95. The molecule has 5 heteroatoms. The molecular formula is C15H17ClN2OS. The van der Waals surface area contributed by atoms with Crippen LogP contribution in [0.4, 0.5) is 0 Å². The fourth-order valence-electron chi connectivity index (χ4n) is 1.70. The summed E-state index contributed by atoms with van der Waals surface area (Å²) in [4.78, 5) is 9.90. The molecule has 2 aromatic rings. The number of halogens is 1. The van der Waals surface area contributed by atoms with Gasteiger partial charge >= 0.3 is 0 Å². The Morgan fingerprint density at radius 2 is 1.90 bits per heavy atom. The molecule has 0 fully saturated rings. The minimum atomic E-state index is 0.458. The number of benzene rings is 1. The Morgan fingerprint density at radius 1 is 1.20 bits per heavy atom. The highest BCUT2D eigenvalue weighted by Crippen LogP contribution is 2.28. The fourth-order valence-corrected chi connectivity index (χ4v) is 2.29. The van der Waals surface area contributed by atoms with Crippen LogP contribution in [0.5, 0.6) is 11.6 Å². The van der Waals surface area contributed by atoms with Crippen LogP contribution < -0.4 is 4.74 Å². The van der Waals surface area contributed by atoms with E-state index >= 15 is 0 Å². The van der Waals surface area contributed by atoms with Crippen molar-refractivity contribution in [2.24, 2.45) is 0 Å². The Hall–Kier alpha value is -1.26. The lowest BCUT2D eigenvalue weighted by molar-refractivity contribution is 0.453. The predicted octanol–water partition coefficient (Wildman–Crippen LogP) is 4.91. The van der Waals surface area contributed by atoms with Crippen LogP contribution in [0, 0.1) is 6.92 Å². The fraction of sp³-hybridized carbons (Fsp3) is 0.333. The molecule has 0 aliphatic carbocycles. The van der Waals surface area contributed by atoms with Gasteiger partial charge in [-0.3, -0.25) is 0 Å². The number of rotatable bonds is 5. The molecule has 0 aliphatic heterocycles. The number of aromatic nitrogens is 2. The summed E-state index contributed by atoms with van der Waals surface area (Å²) in [6.07, 6.45) is 3.81. The first-order chi connectivity index (χ1) is 9.63. The number of ether oxygens (including phenoxy) is 1. The van der Waals surface area contributed by atoms with Crippen LogP contribution in [-0.4, -0.2) is 16.2 Å². The van der Waals surface area contributed by atoms with Gasteiger partial charge in [0.15, 0.2) is 0 Å². The van der Waals surface area contributed by atoms with E-state index in [1.807, 2.05) is 37.4 Å². The SMILES string of the molecule is CCCc1nc(Cl)c(C)c(Oc2ccc(SC)cc2)n1. The lowest BCUT2D eigenvalue weighted by Gasteiger charge is -2.10. The lowest BCUT2D eigenvalue weighted by Crippen LogP contribution is -2.01. The largest absolute Gasteiger partial charge is 0.439 e. The molecular weight excluding hydrogens is 292 g/mol. The maximum absolute atomic E-state index is 6.13. The Bertz CT molecular complexity index is 587. The second kappa shape index (κ2) is 6.95. The Labute approximate surface area is 128 Å². The van der Waals surface area contributed by atoms with E-state index in [4.69, 9.17) is 16.3 Å². The molecule has 20 heavy (non-hydrogen) atoms. The number of nitrogens with zero attached hydrogens (tertiary/aromatic N) is 2. The van der Waals surface area contributed by atoms with Crippen LogP contribution in [0.3, 0.4) is 0 Å². The van der Waals surface area contributed by atoms with E-state index in [0.717, 1.165) is 30.0 Å². The van der Waals surface area contributed by atoms with Gasteiger partial charge in [0.1, 0.15) is 16.7 Å². The second-order valence-corrected chi connectivity index (χ2v) is 5.63. The summed E-state index contributed by atoms with van der Waals surface area (Å²) in [5.41, 5.74) is 0.764. The van der Waals surface area contributed by atoms with Crippen LogP contribution in [-0.2, 0) is 6.42 Å². The quantitative estimate of drug-likeness (QED) is 0.581. The molecule has 0 saturated carbocycles. The average Bonchev–Trinajstić information content (AvgIpc) is 2.45. The third-order valence-electron chi connectivity index (χ3n) is 2.84. The maximum Gasteiger partial charge on any atom is 0.226 e. The normalized spacial score (nSPS) is 10.6. The zero-order valence-electron chi connectivity index (χ0n) is 11.8. The summed E-state index contributed by atoms with van der Waals surface area (Å²) in [5.74, 6) is 2.01. The van der Waals surface area contributed by atoms with Crippen molar-refractivity contribution in [1.29, 1.82) is 0 Å². The van der Waals surface area contributed by atoms with E-state index in [0.29, 0.717) is 11.0 Å². The van der Waals surface area contributed by atoms with E-state index in [2.05, 4.69) is 16.9 Å². The zero-order chi connectivity index (χ0) is 14.5. The van der Waals surface area contributed by atoms with Crippen LogP contribution >= 0.6 is 23.4 Å². The number of hydrogen-bond donors (Lipinski definition) is 0. The third-order valence-corrected chi connectivity index (χ3v) is 3.95. The molecule has 0 saturated heterocycles. The molecule has 106 valence electrons. The molecule has 1 heterocycles. The maximum atomic E-state index is 6.13. The van der Waals surface area contributed by atoms with Gasteiger partial charge in [0.05, 0.1) is 0 Å². The van der Waals surface area contributed by atoms with Crippen molar-refractivity contribution in [3.8, 4) is 11.6 Å². The van der Waals surface area contributed by atoms with E-state index in [1.165, 1.54) is 4.90 Å². The van der Waals surface area contributed by atoms with E-state index in [9.17, 15) is 0 Å². The molecule has 0 amide bonds. The Balaban J connectivity index is 2.26. The van der Waals surface area contributed by atoms with Crippen molar-refractivity contribution >= 4 is 23.4 Å². The minimum absolute atomic E-state index is 0.458. The molecule has 0 bridgehead atoms. The molecule has 0 N–H and O–H groups in total. The van der Waals surface area contributed by atoms with Crippen LogP contribution in [0.2, 0.25) is 5.15 Å². The smallest absolute Gasteiger partial charge is 0.226 e. The highest BCUT2D eigenvalue weighted by atomic mass is 35.5. The van der Waals surface area contributed by atoms with E-state index in [1.54, 1.807) is 11.8 Å². The molecule has 0 atom stereocenters. The monoisotopic (exact) mass is 308 g/mol. The van der Waals surface area contributed by atoms with Gasteiger partial charge < -0.3 is 4.74 Å². The van der Waals surface area contributed by atoms with Gasteiger partial charge in [-0.15, -0.1) is 11.8 Å². The molecule has 0 radical (unpaired) electrons. The van der Waals surface area contributed by atoms with Gasteiger partial charge in [0.2, 0.25) is 5.88 Å². The molecule has 0 unspecified atom stereocenters. The first-order valence-corrected chi connectivity index (χ1v) is 8.09. The summed E-state index contributed by atoms with van der Waals surface area (Å²) < 4.78 is 5.83. The lowest BCUT2D eigenvalue weighted by atomic mass is 10.3. The van der Waals surface area contributed by atoms with Gasteiger partial charge in [-0.05, 0) is 43.9 Å². The summed E-state index contributed by atoms with van der Waals surface area (Å²) in [7, 11) is 0. The summed E-state index contributed by atoms with van der Waals surface area (Å²) in [6, 6.07) is 7.90. The van der Waals surface area contributed by atoms with Gasteiger partial charge in [-0.25, -0.2) is 4.98 Å². The standard InChI is InChI=1S/C15H17ClN2OS/c1-4-5-13-17-14(16)10(2)15(18-13)19-11-6-8-12(20-3)9-7-11/h6-9H,4-5H2,1-3H3. The number of hydrogen-bond acceptors (Lipinski definition) is 4. The number of aryl methyl sites for hydroxylation is 1. The second-order valence-electron chi connectivity index (χ2n) is 4.39. The molecule has 0 spiro atoms. The predicted molar refractivity (Wildman–Crippen MR) is 84.1 cm³/mol. The molecule has 3 nitrogen and oxygen atoms in total. The topological polar surface area (TPSA) is 35.0 Å². The van der Waals surface area contributed by atoms with Gasteiger partial charge in [0, 0.05) is 16.9 Å². The Kier molecular flexibility index (Phi) is 5.26.